The summed E-state index contributed by atoms with van der Waals surface area (Å²) in [5.41, 5.74) is 0. The minimum absolute atomic E-state index is 0.0371. The number of rotatable bonds is 9. The Morgan fingerprint density at radius 1 is 1.12 bits per heavy atom. The van der Waals surface area contributed by atoms with Crippen LogP contribution >= 0.6 is 0 Å². The van der Waals surface area contributed by atoms with Gasteiger partial charge in [0.05, 0.1) is 25.4 Å². The van der Waals surface area contributed by atoms with Crippen LogP contribution in [0.25, 0.3) is 0 Å². The van der Waals surface area contributed by atoms with Gasteiger partial charge in [0.25, 0.3) is 0 Å². The molecule has 0 heterocycles. The highest BCUT2D eigenvalue weighted by Crippen LogP contribution is 1.99. The zero-order chi connectivity index (χ0) is 12.6. The number of aliphatic hydroxyl groups is 1. The summed E-state index contributed by atoms with van der Waals surface area (Å²) in [5.74, 6) is 0.616. The predicted molar refractivity (Wildman–Crippen MR) is 65.6 cm³/mol. The molecule has 16 heavy (non-hydrogen) atoms. The Bertz CT molecular complexity index is 164. The van der Waals surface area contributed by atoms with Crippen LogP contribution in [0.2, 0.25) is 0 Å². The number of hydrogen-bond donors (Lipinski definition) is 1. The molecule has 0 aromatic rings. The molecule has 0 saturated carbocycles. The maximum Gasteiger partial charge on any atom is 0.0900 e. The van der Waals surface area contributed by atoms with E-state index in [4.69, 9.17) is 9.47 Å². The summed E-state index contributed by atoms with van der Waals surface area (Å²) < 4.78 is 10.4. The Kier molecular flexibility index (Phi) is 8.84. The first-order valence-electron chi connectivity index (χ1n) is 5.92. The highest BCUT2D eigenvalue weighted by molar-refractivity contribution is 4.63. The lowest BCUT2D eigenvalue weighted by molar-refractivity contribution is -0.0385. The van der Waals surface area contributed by atoms with Crippen LogP contribution in [0, 0.1) is 5.92 Å². The van der Waals surface area contributed by atoms with Gasteiger partial charge in [-0.1, -0.05) is 13.8 Å². The van der Waals surface area contributed by atoms with Crippen molar-refractivity contribution >= 4 is 0 Å². The number of hydrogen-bond acceptors (Lipinski definition) is 4. The monoisotopic (exact) mass is 233 g/mol. The molecule has 0 aromatic carbocycles. The molecule has 0 bridgehead atoms. The summed E-state index contributed by atoms with van der Waals surface area (Å²) in [6.07, 6.45) is -0.391. The highest BCUT2D eigenvalue weighted by Gasteiger charge is 2.11. The van der Waals surface area contributed by atoms with Crippen molar-refractivity contribution in [1.29, 1.82) is 0 Å². The standard InChI is InChI=1S/C12H27NO3/c1-10(2)6-13(4)7-12(14)9-16-11(3)8-15-5/h10-12,14H,6-9H2,1-5H3. The molecule has 98 valence electrons. The quantitative estimate of drug-likeness (QED) is 0.645. The summed E-state index contributed by atoms with van der Waals surface area (Å²) >= 11 is 0. The Balaban J connectivity index is 3.60. The molecule has 0 aliphatic heterocycles. The van der Waals surface area contributed by atoms with Gasteiger partial charge in [-0.3, -0.25) is 0 Å². The second kappa shape index (κ2) is 8.93. The van der Waals surface area contributed by atoms with Crippen molar-refractivity contribution in [1.82, 2.24) is 4.90 Å². The molecule has 1 N–H and O–H groups in total. The van der Waals surface area contributed by atoms with Crippen LogP contribution in [0.5, 0.6) is 0 Å². The first kappa shape index (κ1) is 15.8. The lowest BCUT2D eigenvalue weighted by Crippen LogP contribution is -2.35. The third-order valence-electron chi connectivity index (χ3n) is 2.17. The molecule has 0 radical (unpaired) electrons. The average molecular weight is 233 g/mol. The Morgan fingerprint density at radius 2 is 1.75 bits per heavy atom. The SMILES string of the molecule is COCC(C)OCC(O)CN(C)CC(C)C. The van der Waals surface area contributed by atoms with E-state index in [1.165, 1.54) is 0 Å². The van der Waals surface area contributed by atoms with Crippen molar-refractivity contribution < 1.29 is 14.6 Å². The average Bonchev–Trinajstić information content (AvgIpc) is 2.13. The van der Waals surface area contributed by atoms with Gasteiger partial charge in [-0.2, -0.15) is 0 Å². The van der Waals surface area contributed by atoms with Gasteiger partial charge >= 0.3 is 0 Å². The first-order valence-corrected chi connectivity index (χ1v) is 5.92. The van der Waals surface area contributed by atoms with Gasteiger partial charge in [-0.05, 0) is 19.9 Å². The van der Waals surface area contributed by atoms with Crippen LogP contribution in [-0.4, -0.2) is 62.7 Å². The van der Waals surface area contributed by atoms with E-state index in [0.717, 1.165) is 6.54 Å². The van der Waals surface area contributed by atoms with E-state index in [-0.39, 0.29) is 6.10 Å². The maximum absolute atomic E-state index is 9.74. The van der Waals surface area contributed by atoms with Crippen molar-refractivity contribution in [2.24, 2.45) is 5.92 Å². The summed E-state index contributed by atoms with van der Waals surface area (Å²) in [7, 11) is 3.66. The van der Waals surface area contributed by atoms with Crippen LogP contribution in [0.4, 0.5) is 0 Å². The molecule has 0 aliphatic carbocycles. The van der Waals surface area contributed by atoms with E-state index >= 15 is 0 Å². The minimum Gasteiger partial charge on any atom is -0.389 e. The smallest absolute Gasteiger partial charge is 0.0900 e. The zero-order valence-corrected chi connectivity index (χ0v) is 11.3. The third kappa shape index (κ3) is 9.09. The molecule has 4 heteroatoms. The number of ether oxygens (including phenoxy) is 2. The third-order valence-corrected chi connectivity index (χ3v) is 2.17. The zero-order valence-electron chi connectivity index (χ0n) is 11.3. The molecule has 0 saturated heterocycles. The molecule has 0 rings (SSSR count). The van der Waals surface area contributed by atoms with Gasteiger partial charge < -0.3 is 19.5 Å². The summed E-state index contributed by atoms with van der Waals surface area (Å²) in [5, 5.41) is 9.74. The topological polar surface area (TPSA) is 41.9 Å². The van der Waals surface area contributed by atoms with Gasteiger partial charge in [0, 0.05) is 20.2 Å². The second-order valence-corrected chi connectivity index (χ2v) is 4.87. The predicted octanol–water partition coefficient (Wildman–Crippen LogP) is 0.987. The van der Waals surface area contributed by atoms with Gasteiger partial charge in [-0.15, -0.1) is 0 Å². The largest absolute Gasteiger partial charge is 0.389 e. The fourth-order valence-electron chi connectivity index (χ4n) is 1.67. The van der Waals surface area contributed by atoms with Crippen molar-refractivity contribution in [3.05, 3.63) is 0 Å². The van der Waals surface area contributed by atoms with Crippen LogP contribution in [-0.2, 0) is 9.47 Å². The van der Waals surface area contributed by atoms with Gasteiger partial charge in [0.2, 0.25) is 0 Å². The van der Waals surface area contributed by atoms with E-state index in [1.54, 1.807) is 7.11 Å². The Morgan fingerprint density at radius 3 is 2.25 bits per heavy atom. The fraction of sp³-hybridized carbons (Fsp3) is 1.00. The van der Waals surface area contributed by atoms with Gasteiger partial charge in [0.15, 0.2) is 0 Å². The van der Waals surface area contributed by atoms with Crippen molar-refractivity contribution in [2.75, 3.05) is 40.5 Å². The highest BCUT2D eigenvalue weighted by atomic mass is 16.5. The van der Waals surface area contributed by atoms with Crippen molar-refractivity contribution in [3.63, 3.8) is 0 Å². The number of likely N-dealkylation sites (N-methyl/N-ethyl adjacent to an activating group) is 1. The lowest BCUT2D eigenvalue weighted by atomic mass is 10.2. The summed E-state index contributed by atoms with van der Waals surface area (Å²) in [6.45, 7) is 8.85. The first-order chi connectivity index (χ1) is 7.45. The second-order valence-electron chi connectivity index (χ2n) is 4.87. The molecule has 0 spiro atoms. The minimum atomic E-state index is -0.428. The molecule has 4 nitrogen and oxygen atoms in total. The molecule has 0 fully saturated rings. The van der Waals surface area contributed by atoms with E-state index in [9.17, 15) is 5.11 Å². The van der Waals surface area contributed by atoms with E-state index in [0.29, 0.717) is 25.7 Å². The van der Waals surface area contributed by atoms with Gasteiger partial charge in [-0.25, -0.2) is 0 Å². The van der Waals surface area contributed by atoms with Crippen LogP contribution in [0.1, 0.15) is 20.8 Å². The molecule has 0 aliphatic rings. The van der Waals surface area contributed by atoms with Crippen molar-refractivity contribution in [3.8, 4) is 0 Å². The maximum atomic E-state index is 9.74. The number of aliphatic hydroxyl groups excluding tert-OH is 1. The van der Waals surface area contributed by atoms with Gasteiger partial charge in [0.1, 0.15) is 0 Å². The molecule has 0 aromatic heterocycles. The summed E-state index contributed by atoms with van der Waals surface area (Å²) in [6, 6.07) is 0. The Labute approximate surface area is 99.5 Å². The molecular formula is C12H27NO3. The van der Waals surface area contributed by atoms with Crippen LogP contribution < -0.4 is 0 Å². The summed E-state index contributed by atoms with van der Waals surface area (Å²) in [4.78, 5) is 2.12. The molecule has 2 unspecified atom stereocenters. The van der Waals surface area contributed by atoms with E-state index < -0.39 is 6.10 Å². The van der Waals surface area contributed by atoms with Crippen molar-refractivity contribution in [2.45, 2.75) is 33.0 Å². The number of nitrogens with zero attached hydrogens (tertiary/aromatic N) is 1. The molecule has 0 amide bonds. The lowest BCUT2D eigenvalue weighted by Gasteiger charge is -2.23. The normalized spacial score (nSPS) is 15.8. The molecule has 2 atom stereocenters. The van der Waals surface area contributed by atoms with Crippen LogP contribution in [0.15, 0.2) is 0 Å². The van der Waals surface area contributed by atoms with E-state index in [1.807, 2.05) is 14.0 Å². The Hall–Kier alpha value is -0.160. The van der Waals surface area contributed by atoms with E-state index in [2.05, 4.69) is 18.7 Å². The van der Waals surface area contributed by atoms with Crippen LogP contribution in [0.3, 0.4) is 0 Å². The number of methoxy groups -OCH3 is 1. The molecular weight excluding hydrogens is 206 g/mol. The fourth-order valence-corrected chi connectivity index (χ4v) is 1.67.